The second-order valence-electron chi connectivity index (χ2n) is 6.93. The zero-order chi connectivity index (χ0) is 17.0. The molecule has 0 fully saturated rings. The first kappa shape index (κ1) is 18.6. The zero-order valence-corrected chi connectivity index (χ0v) is 15.3. The van der Waals surface area contributed by atoms with Crippen LogP contribution in [0, 0.1) is 0 Å². The van der Waals surface area contributed by atoms with Gasteiger partial charge in [-0.05, 0) is 37.2 Å². The van der Waals surface area contributed by atoms with Crippen LogP contribution in [0.2, 0.25) is 18.1 Å². The minimum atomic E-state index is -1.79. The van der Waals surface area contributed by atoms with Crippen LogP contribution in [-0.4, -0.2) is 27.0 Å². The quantitative estimate of drug-likeness (QED) is 0.590. The highest BCUT2D eigenvalue weighted by molar-refractivity contribution is 6.74. The van der Waals surface area contributed by atoms with Gasteiger partial charge in [0.1, 0.15) is 11.7 Å². The van der Waals surface area contributed by atoms with Crippen LogP contribution in [0.25, 0.3) is 0 Å². The third kappa shape index (κ3) is 5.10. The van der Waals surface area contributed by atoms with Crippen LogP contribution in [0.5, 0.6) is 0 Å². The Kier molecular flexibility index (Phi) is 6.14. The molecule has 1 atom stereocenters. The molecule has 0 unspecified atom stereocenters. The SMILES string of the molecule is C[C@H](CCO[Si](C)(C)C(C)(C)C)OC(=O)c1cccoc1=O. The largest absolute Gasteiger partial charge is 0.459 e. The monoisotopic (exact) mass is 326 g/mol. The molecule has 124 valence electrons. The first-order valence-corrected chi connectivity index (χ1v) is 10.4. The van der Waals surface area contributed by atoms with Crippen molar-refractivity contribution in [3.8, 4) is 0 Å². The molecule has 0 saturated heterocycles. The highest BCUT2D eigenvalue weighted by Crippen LogP contribution is 2.36. The molecule has 0 N–H and O–H groups in total. The number of carbonyl (C=O) groups excluding carboxylic acids is 1. The Morgan fingerprint density at radius 1 is 1.36 bits per heavy atom. The number of ether oxygens (including phenoxy) is 1. The number of carbonyl (C=O) groups is 1. The molecule has 22 heavy (non-hydrogen) atoms. The molecule has 1 rings (SSSR count). The summed E-state index contributed by atoms with van der Waals surface area (Å²) in [6.45, 7) is 13.2. The summed E-state index contributed by atoms with van der Waals surface area (Å²) in [6.07, 6.45) is 1.50. The first-order valence-electron chi connectivity index (χ1n) is 7.47. The molecule has 0 aliphatic rings. The van der Waals surface area contributed by atoms with Crippen molar-refractivity contribution in [1.82, 2.24) is 0 Å². The highest BCUT2D eigenvalue weighted by Gasteiger charge is 2.37. The van der Waals surface area contributed by atoms with Crippen molar-refractivity contribution < 1.29 is 18.4 Å². The van der Waals surface area contributed by atoms with Crippen LogP contribution in [-0.2, 0) is 9.16 Å². The van der Waals surface area contributed by atoms with E-state index in [4.69, 9.17) is 9.16 Å². The molecular formula is C16H26O5Si. The summed E-state index contributed by atoms with van der Waals surface area (Å²) < 4.78 is 15.9. The van der Waals surface area contributed by atoms with E-state index < -0.39 is 19.9 Å². The molecule has 0 saturated carbocycles. The van der Waals surface area contributed by atoms with Crippen molar-refractivity contribution in [3.63, 3.8) is 0 Å². The molecular weight excluding hydrogens is 300 g/mol. The summed E-state index contributed by atoms with van der Waals surface area (Å²) in [7, 11) is -1.79. The van der Waals surface area contributed by atoms with E-state index in [1.807, 2.05) is 0 Å². The van der Waals surface area contributed by atoms with Crippen molar-refractivity contribution >= 4 is 14.3 Å². The normalized spacial score (nSPS) is 13.7. The topological polar surface area (TPSA) is 65.7 Å². The van der Waals surface area contributed by atoms with Gasteiger partial charge in [0.15, 0.2) is 8.32 Å². The van der Waals surface area contributed by atoms with E-state index in [9.17, 15) is 9.59 Å². The Morgan fingerprint density at radius 3 is 2.55 bits per heavy atom. The molecule has 0 amide bonds. The average Bonchev–Trinajstić information content (AvgIpc) is 2.37. The predicted molar refractivity (Wildman–Crippen MR) is 87.6 cm³/mol. The lowest BCUT2D eigenvalue weighted by molar-refractivity contribution is 0.0288. The summed E-state index contributed by atoms with van der Waals surface area (Å²) in [5, 5.41) is 0.149. The smallest absolute Gasteiger partial charge is 0.350 e. The molecule has 6 heteroatoms. The molecule has 1 aromatic rings. The van der Waals surface area contributed by atoms with Crippen molar-refractivity contribution in [2.45, 2.75) is 58.4 Å². The van der Waals surface area contributed by atoms with Gasteiger partial charge in [0.05, 0.1) is 6.26 Å². The fourth-order valence-electron chi connectivity index (χ4n) is 1.52. The van der Waals surface area contributed by atoms with Crippen LogP contribution >= 0.6 is 0 Å². The fraction of sp³-hybridized carbons (Fsp3) is 0.625. The molecule has 0 aliphatic heterocycles. The standard InChI is InChI=1S/C16H26O5Si/c1-12(9-11-20-22(5,6)16(2,3)4)21-15(18)13-8-7-10-19-14(13)17/h7-8,10,12H,9,11H2,1-6H3/t12-/m1/s1. The third-order valence-corrected chi connectivity index (χ3v) is 8.60. The fourth-order valence-corrected chi connectivity index (χ4v) is 2.58. The van der Waals surface area contributed by atoms with Gasteiger partial charge in [-0.2, -0.15) is 0 Å². The van der Waals surface area contributed by atoms with Crippen LogP contribution in [0.1, 0.15) is 44.5 Å². The van der Waals surface area contributed by atoms with E-state index in [1.165, 1.54) is 18.4 Å². The molecule has 0 radical (unpaired) electrons. The molecule has 0 aromatic carbocycles. The minimum Gasteiger partial charge on any atom is -0.459 e. The van der Waals surface area contributed by atoms with Crippen LogP contribution in [0.15, 0.2) is 27.6 Å². The predicted octanol–water partition coefficient (Wildman–Crippen LogP) is 3.60. The molecule has 0 aliphatic carbocycles. The Bertz CT molecular complexity index is 556. The molecule has 0 spiro atoms. The van der Waals surface area contributed by atoms with Gasteiger partial charge in [0.25, 0.3) is 0 Å². The summed E-state index contributed by atoms with van der Waals surface area (Å²) >= 11 is 0. The number of esters is 1. The van der Waals surface area contributed by atoms with E-state index in [0.29, 0.717) is 13.0 Å². The lowest BCUT2D eigenvalue weighted by atomic mass is 10.2. The van der Waals surface area contributed by atoms with Gasteiger partial charge in [0, 0.05) is 13.0 Å². The van der Waals surface area contributed by atoms with E-state index in [1.54, 1.807) is 6.92 Å². The minimum absolute atomic E-state index is 0.0836. The number of hydrogen-bond acceptors (Lipinski definition) is 5. The summed E-state index contributed by atoms with van der Waals surface area (Å²) in [6, 6.07) is 2.89. The van der Waals surface area contributed by atoms with E-state index in [0.717, 1.165) is 0 Å². The molecule has 5 nitrogen and oxygen atoms in total. The Labute approximate surface area is 132 Å². The molecule has 0 bridgehead atoms. The third-order valence-electron chi connectivity index (χ3n) is 4.06. The maximum atomic E-state index is 11.9. The van der Waals surface area contributed by atoms with Crippen molar-refractivity contribution in [3.05, 3.63) is 34.4 Å². The Hall–Kier alpha value is -1.40. The van der Waals surface area contributed by atoms with E-state index in [-0.39, 0.29) is 16.7 Å². The van der Waals surface area contributed by atoms with Crippen molar-refractivity contribution in [2.75, 3.05) is 6.61 Å². The average molecular weight is 326 g/mol. The van der Waals surface area contributed by atoms with E-state index in [2.05, 4.69) is 38.3 Å². The zero-order valence-electron chi connectivity index (χ0n) is 14.3. The van der Waals surface area contributed by atoms with Gasteiger partial charge in [-0.3, -0.25) is 0 Å². The highest BCUT2D eigenvalue weighted by atomic mass is 28.4. The van der Waals surface area contributed by atoms with Crippen molar-refractivity contribution in [2.24, 2.45) is 0 Å². The maximum absolute atomic E-state index is 11.9. The van der Waals surface area contributed by atoms with E-state index >= 15 is 0 Å². The van der Waals surface area contributed by atoms with Gasteiger partial charge in [-0.25, -0.2) is 9.59 Å². The number of rotatable bonds is 6. The van der Waals surface area contributed by atoms with Crippen LogP contribution in [0.3, 0.4) is 0 Å². The Morgan fingerprint density at radius 2 is 2.00 bits per heavy atom. The lowest BCUT2D eigenvalue weighted by Crippen LogP contribution is -2.41. The second-order valence-corrected chi connectivity index (χ2v) is 11.7. The van der Waals surface area contributed by atoms with Gasteiger partial charge in [-0.1, -0.05) is 20.8 Å². The van der Waals surface area contributed by atoms with Gasteiger partial charge < -0.3 is 13.6 Å². The lowest BCUT2D eigenvalue weighted by Gasteiger charge is -2.36. The van der Waals surface area contributed by atoms with Crippen LogP contribution < -0.4 is 5.63 Å². The first-order chi connectivity index (χ1) is 10.0. The Balaban J connectivity index is 2.48. The van der Waals surface area contributed by atoms with Crippen LogP contribution in [0.4, 0.5) is 0 Å². The van der Waals surface area contributed by atoms with Gasteiger partial charge in [0.2, 0.25) is 0 Å². The maximum Gasteiger partial charge on any atom is 0.350 e. The van der Waals surface area contributed by atoms with Crippen molar-refractivity contribution in [1.29, 1.82) is 0 Å². The number of hydrogen-bond donors (Lipinski definition) is 0. The summed E-state index contributed by atoms with van der Waals surface area (Å²) in [5.74, 6) is -0.658. The van der Waals surface area contributed by atoms with Gasteiger partial charge >= 0.3 is 11.6 Å². The summed E-state index contributed by atoms with van der Waals surface area (Å²) in [4.78, 5) is 23.3. The second kappa shape index (κ2) is 7.24. The summed E-state index contributed by atoms with van der Waals surface area (Å²) in [5.41, 5.74) is -0.767. The van der Waals surface area contributed by atoms with Gasteiger partial charge in [-0.15, -0.1) is 0 Å². The molecule has 1 aromatic heterocycles. The molecule has 1 heterocycles.